The number of hydrogen-bond donors (Lipinski definition) is 1. The molecule has 0 aliphatic rings. The van der Waals surface area contributed by atoms with Gasteiger partial charge in [0.2, 0.25) is 0 Å². The first kappa shape index (κ1) is 17.3. The second kappa shape index (κ2) is 7.47. The molecule has 0 unspecified atom stereocenters. The van der Waals surface area contributed by atoms with Gasteiger partial charge < -0.3 is 10.1 Å². The number of nitriles is 1. The molecule has 0 aliphatic carbocycles. The molecule has 2 aromatic rings. The van der Waals surface area contributed by atoms with Gasteiger partial charge in [-0.15, -0.1) is 0 Å². The summed E-state index contributed by atoms with van der Waals surface area (Å²) in [5, 5.41) is 12.2. The average molecular weight is 320 g/mol. The van der Waals surface area contributed by atoms with E-state index in [0.717, 1.165) is 28.0 Å². The van der Waals surface area contributed by atoms with Crippen molar-refractivity contribution < 1.29 is 9.53 Å². The first-order valence-corrected chi connectivity index (χ1v) is 7.59. The third-order valence-corrected chi connectivity index (χ3v) is 3.78. The summed E-state index contributed by atoms with van der Waals surface area (Å²) in [6.07, 6.45) is 1.59. The number of anilines is 1. The van der Waals surface area contributed by atoms with E-state index >= 15 is 0 Å². The van der Waals surface area contributed by atoms with E-state index in [0.29, 0.717) is 5.69 Å². The Labute approximate surface area is 142 Å². The largest absolute Gasteiger partial charge is 0.497 e. The first-order chi connectivity index (χ1) is 11.4. The predicted octanol–water partition coefficient (Wildman–Crippen LogP) is 4.17. The quantitative estimate of drug-likeness (QED) is 0.679. The number of aryl methyl sites for hydroxylation is 3. The Morgan fingerprint density at radius 1 is 1.12 bits per heavy atom. The molecule has 0 saturated carbocycles. The van der Waals surface area contributed by atoms with Gasteiger partial charge in [-0.3, -0.25) is 4.79 Å². The van der Waals surface area contributed by atoms with Gasteiger partial charge in [0.15, 0.2) is 0 Å². The SMILES string of the molecule is COc1ccc(/C=C(\C#N)C(=O)Nc2cc(C)ccc2C)c(C)c1. The van der Waals surface area contributed by atoms with Crippen LogP contribution in [0.15, 0.2) is 42.0 Å². The van der Waals surface area contributed by atoms with E-state index in [1.165, 1.54) is 0 Å². The van der Waals surface area contributed by atoms with E-state index in [2.05, 4.69) is 5.32 Å². The molecular formula is C20H20N2O2. The molecule has 122 valence electrons. The lowest BCUT2D eigenvalue weighted by Crippen LogP contribution is -2.14. The van der Waals surface area contributed by atoms with Gasteiger partial charge in [0.05, 0.1) is 7.11 Å². The standard InChI is InChI=1S/C20H20N2O2/c1-13-5-6-14(2)19(9-13)22-20(23)17(12-21)11-16-7-8-18(24-4)10-15(16)3/h5-11H,1-4H3,(H,22,23)/b17-11+. The number of hydrogen-bond acceptors (Lipinski definition) is 3. The molecule has 0 radical (unpaired) electrons. The van der Waals surface area contributed by atoms with E-state index in [1.807, 2.05) is 57.2 Å². The van der Waals surface area contributed by atoms with Crippen molar-refractivity contribution in [3.8, 4) is 11.8 Å². The Morgan fingerprint density at radius 3 is 2.50 bits per heavy atom. The van der Waals surface area contributed by atoms with Crippen LogP contribution in [0.5, 0.6) is 5.75 Å². The highest BCUT2D eigenvalue weighted by atomic mass is 16.5. The van der Waals surface area contributed by atoms with Crippen LogP contribution in [-0.4, -0.2) is 13.0 Å². The number of methoxy groups -OCH3 is 1. The topological polar surface area (TPSA) is 62.1 Å². The lowest BCUT2D eigenvalue weighted by molar-refractivity contribution is -0.112. The number of ether oxygens (including phenoxy) is 1. The summed E-state index contributed by atoms with van der Waals surface area (Å²) >= 11 is 0. The molecule has 0 spiro atoms. The molecule has 0 aliphatic heterocycles. The smallest absolute Gasteiger partial charge is 0.266 e. The fourth-order valence-electron chi connectivity index (χ4n) is 2.30. The van der Waals surface area contributed by atoms with E-state index < -0.39 is 5.91 Å². The second-order valence-corrected chi connectivity index (χ2v) is 5.66. The Balaban J connectivity index is 2.29. The average Bonchev–Trinajstić information content (AvgIpc) is 2.56. The van der Waals surface area contributed by atoms with E-state index in [1.54, 1.807) is 19.3 Å². The molecular weight excluding hydrogens is 300 g/mol. The third kappa shape index (κ3) is 4.02. The van der Waals surface area contributed by atoms with Crippen LogP contribution in [0.4, 0.5) is 5.69 Å². The van der Waals surface area contributed by atoms with Crippen LogP contribution in [0.1, 0.15) is 22.3 Å². The molecule has 0 aromatic heterocycles. The molecule has 24 heavy (non-hydrogen) atoms. The van der Waals surface area contributed by atoms with Gasteiger partial charge in [0.25, 0.3) is 5.91 Å². The zero-order valence-electron chi connectivity index (χ0n) is 14.3. The van der Waals surface area contributed by atoms with E-state index in [4.69, 9.17) is 4.74 Å². The van der Waals surface area contributed by atoms with Crippen LogP contribution in [0.2, 0.25) is 0 Å². The summed E-state index contributed by atoms with van der Waals surface area (Å²) < 4.78 is 5.17. The maximum absolute atomic E-state index is 12.4. The van der Waals surface area contributed by atoms with Crippen LogP contribution in [0.3, 0.4) is 0 Å². The number of benzene rings is 2. The summed E-state index contributed by atoms with van der Waals surface area (Å²) in [7, 11) is 1.60. The van der Waals surface area contributed by atoms with E-state index in [-0.39, 0.29) is 5.57 Å². The molecule has 0 bridgehead atoms. The fourth-order valence-corrected chi connectivity index (χ4v) is 2.30. The molecule has 2 aromatic carbocycles. The Bertz CT molecular complexity index is 845. The molecule has 1 N–H and O–H groups in total. The van der Waals surface area contributed by atoms with Gasteiger partial charge in [-0.2, -0.15) is 5.26 Å². The highest BCUT2D eigenvalue weighted by Gasteiger charge is 2.12. The number of amides is 1. The van der Waals surface area contributed by atoms with Gasteiger partial charge in [-0.25, -0.2) is 0 Å². The molecule has 4 nitrogen and oxygen atoms in total. The molecule has 0 atom stereocenters. The second-order valence-electron chi connectivity index (χ2n) is 5.66. The fraction of sp³-hybridized carbons (Fsp3) is 0.200. The van der Waals surface area contributed by atoms with Crippen molar-refractivity contribution in [2.24, 2.45) is 0 Å². The monoisotopic (exact) mass is 320 g/mol. The molecule has 1 amide bonds. The number of nitrogens with zero attached hydrogens (tertiary/aromatic N) is 1. The normalized spacial score (nSPS) is 10.9. The lowest BCUT2D eigenvalue weighted by atomic mass is 10.0. The number of nitrogens with one attached hydrogen (secondary N) is 1. The van der Waals surface area contributed by atoms with Gasteiger partial charge in [0, 0.05) is 5.69 Å². The van der Waals surface area contributed by atoms with Crippen molar-refractivity contribution in [1.82, 2.24) is 0 Å². The molecule has 2 rings (SSSR count). The van der Waals surface area contributed by atoms with E-state index in [9.17, 15) is 10.1 Å². The Kier molecular flexibility index (Phi) is 5.39. The van der Waals surface area contributed by atoms with Crippen molar-refractivity contribution in [3.05, 3.63) is 64.2 Å². The minimum absolute atomic E-state index is 0.0594. The van der Waals surface area contributed by atoms with Gasteiger partial charge in [-0.05, 0) is 67.3 Å². The Morgan fingerprint density at radius 2 is 1.88 bits per heavy atom. The predicted molar refractivity (Wildman–Crippen MR) is 95.9 cm³/mol. The van der Waals surface area contributed by atoms with Crippen molar-refractivity contribution in [3.63, 3.8) is 0 Å². The van der Waals surface area contributed by atoms with Gasteiger partial charge in [0.1, 0.15) is 17.4 Å². The molecule has 0 fully saturated rings. The summed E-state index contributed by atoms with van der Waals surface area (Å²) in [5.74, 6) is 0.324. The van der Waals surface area contributed by atoms with Crippen LogP contribution in [0, 0.1) is 32.1 Å². The van der Waals surface area contributed by atoms with Crippen molar-refractivity contribution in [1.29, 1.82) is 5.26 Å². The molecule has 4 heteroatoms. The zero-order chi connectivity index (χ0) is 17.7. The summed E-state index contributed by atoms with van der Waals surface area (Å²) in [6, 6.07) is 13.3. The number of carbonyl (C=O) groups excluding carboxylic acids is 1. The highest BCUT2D eigenvalue weighted by molar-refractivity contribution is 6.10. The van der Waals surface area contributed by atoms with Gasteiger partial charge >= 0.3 is 0 Å². The Hall–Kier alpha value is -3.06. The maximum Gasteiger partial charge on any atom is 0.266 e. The minimum atomic E-state index is -0.415. The third-order valence-electron chi connectivity index (χ3n) is 3.78. The van der Waals surface area contributed by atoms with Crippen molar-refractivity contribution in [2.75, 3.05) is 12.4 Å². The maximum atomic E-state index is 12.4. The van der Waals surface area contributed by atoms with Gasteiger partial charge in [-0.1, -0.05) is 18.2 Å². The number of rotatable bonds is 4. The van der Waals surface area contributed by atoms with Crippen LogP contribution in [-0.2, 0) is 4.79 Å². The summed E-state index contributed by atoms with van der Waals surface area (Å²) in [6.45, 7) is 5.78. The molecule has 0 heterocycles. The highest BCUT2D eigenvalue weighted by Crippen LogP contribution is 2.21. The molecule has 0 saturated heterocycles. The minimum Gasteiger partial charge on any atom is -0.497 e. The van der Waals surface area contributed by atoms with Crippen molar-refractivity contribution >= 4 is 17.7 Å². The van der Waals surface area contributed by atoms with Crippen LogP contribution >= 0.6 is 0 Å². The lowest BCUT2D eigenvalue weighted by Gasteiger charge is -2.09. The van der Waals surface area contributed by atoms with Crippen molar-refractivity contribution in [2.45, 2.75) is 20.8 Å². The summed E-state index contributed by atoms with van der Waals surface area (Å²) in [5.41, 5.74) is 4.51. The van der Waals surface area contributed by atoms with Crippen LogP contribution in [0.25, 0.3) is 6.08 Å². The number of carbonyl (C=O) groups is 1. The zero-order valence-corrected chi connectivity index (χ0v) is 14.3. The van der Waals surface area contributed by atoms with Crippen LogP contribution < -0.4 is 10.1 Å². The first-order valence-electron chi connectivity index (χ1n) is 7.59. The summed E-state index contributed by atoms with van der Waals surface area (Å²) in [4.78, 5) is 12.4.